The number of pyridine rings is 1. The Morgan fingerprint density at radius 1 is 1.36 bits per heavy atom. The van der Waals surface area contributed by atoms with Crippen LogP contribution in [0.5, 0.6) is 0 Å². The molecule has 0 atom stereocenters. The van der Waals surface area contributed by atoms with Crippen LogP contribution < -0.4 is 6.15 Å². The van der Waals surface area contributed by atoms with Crippen LogP contribution in [0.2, 0.25) is 0 Å². The first-order valence-electron chi connectivity index (χ1n) is 3.48. The molecule has 0 saturated carbocycles. The number of hydrogen-bond donors (Lipinski definition) is 1. The first-order chi connectivity index (χ1) is 6.29. The standard InChI is InChI=1S/C8H8N2.2ClH.H3N.Pt/c1-10-6-4-7-3-2-5-9-8(7)10;;;;/h2-6H,1H3;2*1H;1H3;/q;;;;+2/p-2. The summed E-state index contributed by atoms with van der Waals surface area (Å²) in [6.07, 6.45) is 3.82. The molecule has 0 radical (unpaired) electrons. The summed E-state index contributed by atoms with van der Waals surface area (Å²) in [6.45, 7) is 0. The fourth-order valence-corrected chi connectivity index (χ4v) is 1.10. The van der Waals surface area contributed by atoms with Crippen molar-refractivity contribution in [2.24, 2.45) is 7.05 Å². The summed E-state index contributed by atoms with van der Waals surface area (Å²) in [6, 6.07) is 6.06. The molecule has 0 fully saturated rings. The fourth-order valence-electron chi connectivity index (χ4n) is 1.10. The van der Waals surface area contributed by atoms with Gasteiger partial charge in [0.1, 0.15) is 5.65 Å². The number of aromatic nitrogens is 2. The molecule has 14 heavy (non-hydrogen) atoms. The zero-order valence-corrected chi connectivity index (χ0v) is 11.3. The van der Waals surface area contributed by atoms with Crippen LogP contribution in [-0.2, 0) is 23.5 Å². The van der Waals surface area contributed by atoms with E-state index in [1.54, 1.807) is 0 Å². The van der Waals surface area contributed by atoms with Gasteiger partial charge in [0, 0.05) is 24.8 Å². The van der Waals surface area contributed by atoms with E-state index < -0.39 is 16.5 Å². The SMILES string of the molecule is Cn1ccc2cccnc21.N.[Cl][Pt][Cl]. The molecular weight excluding hydrogens is 404 g/mol. The molecular formula is C8H11Cl2N3Pt. The predicted octanol–water partition coefficient (Wildman–Crippen LogP) is 3.11. The first kappa shape index (κ1) is 13.9. The van der Waals surface area contributed by atoms with Crippen molar-refractivity contribution in [1.29, 1.82) is 0 Å². The molecule has 0 aliphatic carbocycles. The van der Waals surface area contributed by atoms with Crippen molar-refractivity contribution in [2.75, 3.05) is 0 Å². The van der Waals surface area contributed by atoms with E-state index in [4.69, 9.17) is 18.8 Å². The Kier molecular flexibility index (Phi) is 7.20. The average molecular weight is 415 g/mol. The van der Waals surface area contributed by atoms with Crippen LogP contribution in [0, 0.1) is 0 Å². The summed E-state index contributed by atoms with van der Waals surface area (Å²) in [7, 11) is 11.7. The van der Waals surface area contributed by atoms with E-state index in [0.29, 0.717) is 0 Å². The predicted molar refractivity (Wildman–Crippen MR) is 57.4 cm³/mol. The van der Waals surface area contributed by atoms with Crippen LogP contribution in [0.1, 0.15) is 0 Å². The Morgan fingerprint density at radius 3 is 2.57 bits per heavy atom. The third kappa shape index (κ3) is 3.58. The number of rotatable bonds is 0. The van der Waals surface area contributed by atoms with E-state index in [9.17, 15) is 0 Å². The van der Waals surface area contributed by atoms with Gasteiger partial charge in [0.2, 0.25) is 0 Å². The fraction of sp³-hybridized carbons (Fsp3) is 0.125. The summed E-state index contributed by atoms with van der Waals surface area (Å²) >= 11 is -0.472. The van der Waals surface area contributed by atoms with Gasteiger partial charge in [-0.1, -0.05) is 0 Å². The van der Waals surface area contributed by atoms with E-state index in [2.05, 4.69) is 17.1 Å². The Hall–Kier alpha value is -0.0817. The van der Waals surface area contributed by atoms with Crippen LogP contribution >= 0.6 is 18.8 Å². The van der Waals surface area contributed by atoms with Gasteiger partial charge in [-0.3, -0.25) is 0 Å². The second kappa shape index (κ2) is 7.24. The molecule has 6 heteroatoms. The normalized spacial score (nSPS) is 9.07. The topological polar surface area (TPSA) is 52.8 Å². The first-order valence-corrected chi connectivity index (χ1v) is 9.11. The molecule has 0 aromatic carbocycles. The van der Waals surface area contributed by atoms with Crippen molar-refractivity contribution >= 4 is 29.9 Å². The molecule has 0 saturated heterocycles. The summed E-state index contributed by atoms with van der Waals surface area (Å²) in [5, 5.41) is 1.20. The van der Waals surface area contributed by atoms with Gasteiger partial charge < -0.3 is 10.7 Å². The Morgan fingerprint density at radius 2 is 2.00 bits per heavy atom. The zero-order valence-electron chi connectivity index (χ0n) is 7.56. The van der Waals surface area contributed by atoms with Gasteiger partial charge in [-0.25, -0.2) is 4.98 Å². The molecule has 0 bridgehead atoms. The Labute approximate surface area is 99.4 Å². The van der Waals surface area contributed by atoms with Crippen LogP contribution in [0.4, 0.5) is 0 Å². The molecule has 0 amide bonds. The van der Waals surface area contributed by atoms with E-state index in [0.717, 1.165) is 5.65 Å². The molecule has 3 nitrogen and oxygen atoms in total. The number of nitrogens with zero attached hydrogens (tertiary/aromatic N) is 2. The third-order valence-corrected chi connectivity index (χ3v) is 1.63. The van der Waals surface area contributed by atoms with Crippen LogP contribution in [-0.4, -0.2) is 9.55 Å². The molecule has 2 aromatic rings. The summed E-state index contributed by atoms with van der Waals surface area (Å²) in [5.74, 6) is 0. The maximum absolute atomic E-state index is 4.88. The molecule has 2 aromatic heterocycles. The monoisotopic (exact) mass is 414 g/mol. The van der Waals surface area contributed by atoms with Gasteiger partial charge in [0.05, 0.1) is 0 Å². The number of fused-ring (bicyclic) bond motifs is 1. The molecule has 0 aliphatic heterocycles. The maximum atomic E-state index is 4.88. The molecule has 82 valence electrons. The van der Waals surface area contributed by atoms with E-state index in [1.165, 1.54) is 5.39 Å². The van der Waals surface area contributed by atoms with Crippen LogP contribution in [0.15, 0.2) is 30.6 Å². The number of aryl methyl sites for hydroxylation is 1. The Balaban J connectivity index is 0.000000381. The third-order valence-electron chi connectivity index (χ3n) is 1.63. The van der Waals surface area contributed by atoms with E-state index in [-0.39, 0.29) is 6.15 Å². The van der Waals surface area contributed by atoms with Crippen molar-refractivity contribution in [3.63, 3.8) is 0 Å². The molecule has 2 heterocycles. The minimum absolute atomic E-state index is 0. The van der Waals surface area contributed by atoms with E-state index >= 15 is 0 Å². The summed E-state index contributed by atoms with van der Waals surface area (Å²) in [4.78, 5) is 4.20. The molecule has 0 spiro atoms. The molecule has 2 rings (SSSR count). The summed E-state index contributed by atoms with van der Waals surface area (Å²) in [5.41, 5.74) is 1.04. The van der Waals surface area contributed by atoms with Crippen LogP contribution in [0.3, 0.4) is 0 Å². The number of hydrogen-bond acceptors (Lipinski definition) is 2. The zero-order chi connectivity index (χ0) is 9.68. The molecule has 0 unspecified atom stereocenters. The van der Waals surface area contributed by atoms with Gasteiger partial charge in [-0.2, -0.15) is 0 Å². The van der Waals surface area contributed by atoms with Gasteiger partial charge in [0.25, 0.3) is 0 Å². The van der Waals surface area contributed by atoms with Crippen molar-refractivity contribution < 1.29 is 16.5 Å². The van der Waals surface area contributed by atoms with Crippen molar-refractivity contribution in [2.45, 2.75) is 0 Å². The molecule has 3 N–H and O–H groups in total. The van der Waals surface area contributed by atoms with Crippen molar-refractivity contribution in [3.8, 4) is 0 Å². The van der Waals surface area contributed by atoms with Crippen LogP contribution in [0.25, 0.3) is 11.0 Å². The summed E-state index contributed by atoms with van der Waals surface area (Å²) < 4.78 is 2.01. The van der Waals surface area contributed by atoms with Gasteiger partial charge in [-0.05, 0) is 18.2 Å². The second-order valence-corrected chi connectivity index (χ2v) is 5.67. The quantitative estimate of drug-likeness (QED) is 0.719. The second-order valence-electron chi connectivity index (χ2n) is 2.39. The van der Waals surface area contributed by atoms with Crippen molar-refractivity contribution in [3.05, 3.63) is 30.6 Å². The van der Waals surface area contributed by atoms with Crippen molar-refractivity contribution in [1.82, 2.24) is 15.7 Å². The Bertz CT molecular complexity index is 377. The van der Waals surface area contributed by atoms with Gasteiger partial charge >= 0.3 is 35.3 Å². The minimum atomic E-state index is -0.472. The average Bonchev–Trinajstić information content (AvgIpc) is 2.50. The number of halogens is 2. The van der Waals surface area contributed by atoms with Gasteiger partial charge in [0.15, 0.2) is 0 Å². The molecule has 0 aliphatic rings. The van der Waals surface area contributed by atoms with Gasteiger partial charge in [-0.15, -0.1) is 0 Å². The van der Waals surface area contributed by atoms with E-state index in [1.807, 2.05) is 30.1 Å².